The fourth-order valence-electron chi connectivity index (χ4n) is 3.66. The number of carbonyl (C=O) groups is 2. The van der Waals surface area contributed by atoms with E-state index in [1.165, 1.54) is 12.1 Å². The number of benzene rings is 2. The molecule has 0 fully saturated rings. The van der Waals surface area contributed by atoms with Gasteiger partial charge in [-0.2, -0.15) is 0 Å². The summed E-state index contributed by atoms with van der Waals surface area (Å²) in [5, 5.41) is 2.25. The van der Waals surface area contributed by atoms with Crippen LogP contribution in [0, 0.1) is 5.82 Å². The van der Waals surface area contributed by atoms with Crippen molar-refractivity contribution in [1.82, 2.24) is 5.32 Å². The second-order valence-corrected chi connectivity index (χ2v) is 12.0. The summed E-state index contributed by atoms with van der Waals surface area (Å²) in [4.78, 5) is 25.4. The molecule has 2 amide bonds. The van der Waals surface area contributed by atoms with E-state index < -0.39 is 28.6 Å². The molecule has 1 unspecified atom stereocenters. The Bertz CT molecular complexity index is 1190. The molecule has 0 saturated carbocycles. The number of carbonyl (C=O) groups excluding carboxylic acids is 2. The first kappa shape index (κ1) is 28.2. The standard InChI is InChI=1S/C26H28FNO5S3/c1-17-22(14-18-4-7-20(8-5-18)36(3)31)21-9-6-19(27)15-24(21)23(17)16-25(29)28-26(30)33-11-13-35-34-12-10-32-2/h4-9,14-15H,10-13,16H2,1-3H3,(H,28,29,30)/b22-14-. The molecule has 0 heterocycles. The first-order chi connectivity index (χ1) is 17.3. The zero-order chi connectivity index (χ0) is 26.1. The van der Waals surface area contributed by atoms with Crippen molar-refractivity contribution >= 4 is 61.6 Å². The van der Waals surface area contributed by atoms with Gasteiger partial charge in [-0.15, -0.1) is 0 Å². The molecule has 192 valence electrons. The summed E-state index contributed by atoms with van der Waals surface area (Å²) in [6.45, 7) is 2.70. The fourth-order valence-corrected chi connectivity index (χ4v) is 5.92. The number of allylic oxidation sites excluding steroid dienone is 2. The highest BCUT2D eigenvalue weighted by molar-refractivity contribution is 8.76. The molecular weight excluding hydrogens is 521 g/mol. The fraction of sp³-hybridized carbons (Fsp3) is 0.308. The maximum atomic E-state index is 14.1. The average molecular weight is 550 g/mol. The average Bonchev–Trinajstić information content (AvgIpc) is 3.08. The third kappa shape index (κ3) is 7.80. The van der Waals surface area contributed by atoms with E-state index >= 15 is 0 Å². The molecule has 0 bridgehead atoms. The van der Waals surface area contributed by atoms with Gasteiger partial charge >= 0.3 is 6.09 Å². The number of hydrogen-bond donors (Lipinski definition) is 1. The number of fused-ring (bicyclic) bond motifs is 1. The van der Waals surface area contributed by atoms with E-state index in [1.807, 2.05) is 25.1 Å². The van der Waals surface area contributed by atoms with Gasteiger partial charge in [-0.1, -0.05) is 39.8 Å². The predicted molar refractivity (Wildman–Crippen MR) is 147 cm³/mol. The van der Waals surface area contributed by atoms with Gasteiger partial charge in [0.25, 0.3) is 0 Å². The highest BCUT2D eigenvalue weighted by Crippen LogP contribution is 2.43. The van der Waals surface area contributed by atoms with Crippen molar-refractivity contribution < 1.29 is 27.7 Å². The Kier molecular flexibility index (Phi) is 10.8. The van der Waals surface area contributed by atoms with E-state index in [-0.39, 0.29) is 13.0 Å². The minimum atomic E-state index is -1.07. The van der Waals surface area contributed by atoms with Crippen LogP contribution in [0.3, 0.4) is 0 Å². The maximum absolute atomic E-state index is 14.1. The van der Waals surface area contributed by atoms with Crippen molar-refractivity contribution in [3.8, 4) is 0 Å². The van der Waals surface area contributed by atoms with E-state index in [0.29, 0.717) is 23.5 Å². The minimum Gasteiger partial charge on any atom is -0.448 e. The lowest BCUT2D eigenvalue weighted by molar-refractivity contribution is -0.119. The van der Waals surface area contributed by atoms with Crippen LogP contribution in [0.4, 0.5) is 9.18 Å². The molecule has 1 aliphatic carbocycles. The van der Waals surface area contributed by atoms with Crippen LogP contribution in [-0.4, -0.2) is 54.3 Å². The van der Waals surface area contributed by atoms with Crippen LogP contribution < -0.4 is 5.32 Å². The van der Waals surface area contributed by atoms with Gasteiger partial charge in [-0.25, -0.2) is 9.18 Å². The van der Waals surface area contributed by atoms with Crippen LogP contribution in [0.1, 0.15) is 30.0 Å². The van der Waals surface area contributed by atoms with E-state index in [4.69, 9.17) is 9.47 Å². The molecule has 1 N–H and O–H groups in total. The van der Waals surface area contributed by atoms with E-state index in [2.05, 4.69) is 5.32 Å². The molecule has 0 aromatic heterocycles. The van der Waals surface area contributed by atoms with Crippen LogP contribution in [0.2, 0.25) is 0 Å². The molecule has 0 aliphatic heterocycles. The molecule has 10 heteroatoms. The molecule has 0 saturated heterocycles. The number of ether oxygens (including phenoxy) is 2. The van der Waals surface area contributed by atoms with Crippen molar-refractivity contribution in [2.45, 2.75) is 18.2 Å². The highest BCUT2D eigenvalue weighted by atomic mass is 33.1. The second kappa shape index (κ2) is 13.8. The van der Waals surface area contributed by atoms with Gasteiger partial charge in [-0.05, 0) is 70.7 Å². The van der Waals surface area contributed by atoms with Crippen LogP contribution in [0.25, 0.3) is 17.2 Å². The highest BCUT2D eigenvalue weighted by Gasteiger charge is 2.26. The Hall–Kier alpha value is -2.40. The number of rotatable bonds is 11. The zero-order valence-electron chi connectivity index (χ0n) is 20.3. The molecule has 6 nitrogen and oxygen atoms in total. The lowest BCUT2D eigenvalue weighted by Crippen LogP contribution is -2.31. The van der Waals surface area contributed by atoms with E-state index in [9.17, 15) is 18.2 Å². The molecule has 2 aromatic rings. The van der Waals surface area contributed by atoms with Gasteiger partial charge in [-0.3, -0.25) is 14.3 Å². The number of methoxy groups -OCH3 is 1. The second-order valence-electron chi connectivity index (χ2n) is 7.87. The van der Waals surface area contributed by atoms with Gasteiger partial charge in [0.15, 0.2) is 0 Å². The smallest absolute Gasteiger partial charge is 0.413 e. The van der Waals surface area contributed by atoms with Crippen LogP contribution in [0.5, 0.6) is 0 Å². The lowest BCUT2D eigenvalue weighted by Gasteiger charge is -2.08. The first-order valence-corrected chi connectivity index (χ1v) is 15.2. The molecule has 3 rings (SSSR count). The Labute approximate surface area is 220 Å². The number of hydrogen-bond acceptors (Lipinski definition) is 7. The summed E-state index contributed by atoms with van der Waals surface area (Å²) in [5.74, 6) is 0.499. The van der Waals surface area contributed by atoms with E-state index in [1.54, 1.807) is 53.2 Å². The maximum Gasteiger partial charge on any atom is 0.413 e. The molecule has 2 aromatic carbocycles. The van der Waals surface area contributed by atoms with Gasteiger partial charge in [0.2, 0.25) is 5.91 Å². The van der Waals surface area contributed by atoms with Crippen LogP contribution in [0.15, 0.2) is 52.9 Å². The molecular formula is C26H28FNO5S3. The molecule has 36 heavy (non-hydrogen) atoms. The predicted octanol–water partition coefficient (Wildman–Crippen LogP) is 5.56. The Morgan fingerprint density at radius 1 is 1.06 bits per heavy atom. The van der Waals surface area contributed by atoms with Gasteiger partial charge < -0.3 is 9.47 Å². The Balaban J connectivity index is 1.68. The molecule has 1 atom stereocenters. The van der Waals surface area contributed by atoms with Crippen molar-refractivity contribution in [3.05, 3.63) is 70.5 Å². The number of nitrogens with one attached hydrogen (secondary N) is 1. The number of alkyl carbamates (subject to hydrolysis) is 1. The minimum absolute atomic E-state index is 0.0932. The third-order valence-electron chi connectivity index (χ3n) is 5.41. The summed E-state index contributed by atoms with van der Waals surface area (Å²) < 4.78 is 35.8. The molecule has 1 aliphatic rings. The van der Waals surface area contributed by atoms with Crippen molar-refractivity contribution in [2.24, 2.45) is 0 Å². The van der Waals surface area contributed by atoms with E-state index in [0.717, 1.165) is 32.9 Å². The number of imide groups is 1. The third-order valence-corrected chi connectivity index (χ3v) is 8.68. The summed E-state index contributed by atoms with van der Waals surface area (Å²) >= 11 is 0. The number of halogens is 1. The van der Waals surface area contributed by atoms with Gasteiger partial charge in [0.1, 0.15) is 12.4 Å². The summed E-state index contributed by atoms with van der Waals surface area (Å²) in [7, 11) is 3.75. The zero-order valence-corrected chi connectivity index (χ0v) is 22.7. The first-order valence-electron chi connectivity index (χ1n) is 11.2. The largest absolute Gasteiger partial charge is 0.448 e. The van der Waals surface area contributed by atoms with Gasteiger partial charge in [0.05, 0.1) is 13.0 Å². The Morgan fingerprint density at radius 3 is 2.42 bits per heavy atom. The van der Waals surface area contributed by atoms with Crippen LogP contribution in [-0.2, 0) is 25.1 Å². The number of amides is 2. The van der Waals surface area contributed by atoms with Crippen molar-refractivity contribution in [2.75, 3.05) is 38.1 Å². The summed E-state index contributed by atoms with van der Waals surface area (Å²) in [5.41, 5.74) is 4.66. The monoisotopic (exact) mass is 549 g/mol. The molecule has 0 radical (unpaired) electrons. The Morgan fingerprint density at radius 2 is 1.75 bits per heavy atom. The topological polar surface area (TPSA) is 81.7 Å². The van der Waals surface area contributed by atoms with Gasteiger partial charge in [0, 0.05) is 40.6 Å². The van der Waals surface area contributed by atoms with Crippen LogP contribution >= 0.6 is 21.6 Å². The summed E-state index contributed by atoms with van der Waals surface area (Å²) in [6, 6.07) is 11.8. The lowest BCUT2D eigenvalue weighted by atomic mass is 10.0. The summed E-state index contributed by atoms with van der Waals surface area (Å²) in [6.07, 6.45) is 2.68. The quantitative estimate of drug-likeness (QED) is 0.290. The van der Waals surface area contributed by atoms with Crippen molar-refractivity contribution in [3.63, 3.8) is 0 Å². The van der Waals surface area contributed by atoms with Crippen molar-refractivity contribution in [1.29, 1.82) is 0 Å². The SMILES string of the molecule is COCCSSCCOC(=O)NC(=O)CC1=C(C)/C(=C/c2ccc(S(C)=O)cc2)c2ccc(F)cc21. The normalized spacial score (nSPS) is 14.6. The molecule has 0 spiro atoms.